The number of carbonyl (C=O) groups excluding carboxylic acids is 1. The van der Waals surface area contributed by atoms with E-state index < -0.39 is 4.92 Å². The Hall–Kier alpha value is -3.88. The minimum Gasteiger partial charge on any atom is -0.467 e. The summed E-state index contributed by atoms with van der Waals surface area (Å²) in [5.41, 5.74) is 2.57. The molecule has 4 rings (SSSR count). The van der Waals surface area contributed by atoms with E-state index in [4.69, 9.17) is 8.83 Å². The summed E-state index contributed by atoms with van der Waals surface area (Å²) in [4.78, 5) is 23.8. The highest BCUT2D eigenvalue weighted by atomic mass is 16.6. The van der Waals surface area contributed by atoms with Crippen molar-refractivity contribution in [2.75, 3.05) is 11.9 Å². The molecule has 0 saturated heterocycles. The summed E-state index contributed by atoms with van der Waals surface area (Å²) in [5.74, 6) is 0.927. The Labute approximate surface area is 172 Å². The van der Waals surface area contributed by atoms with Gasteiger partial charge in [-0.1, -0.05) is 0 Å². The zero-order chi connectivity index (χ0) is 21.3. The van der Waals surface area contributed by atoms with Gasteiger partial charge in [0.15, 0.2) is 0 Å². The molecule has 0 aliphatic carbocycles. The van der Waals surface area contributed by atoms with Crippen molar-refractivity contribution < 1.29 is 18.6 Å². The number of nitrogens with zero attached hydrogens (tertiary/aromatic N) is 3. The Morgan fingerprint density at radius 1 is 1.23 bits per heavy atom. The molecule has 30 heavy (non-hydrogen) atoms. The van der Waals surface area contributed by atoms with Gasteiger partial charge in [0.2, 0.25) is 0 Å². The Balaban J connectivity index is 1.55. The van der Waals surface area contributed by atoms with Gasteiger partial charge < -0.3 is 14.2 Å². The number of furan rings is 2. The molecule has 154 valence electrons. The molecule has 0 fully saturated rings. The highest BCUT2D eigenvalue weighted by molar-refractivity contribution is 6.01. The van der Waals surface area contributed by atoms with Crippen molar-refractivity contribution in [1.29, 1.82) is 0 Å². The number of nitro groups is 1. The van der Waals surface area contributed by atoms with E-state index in [1.165, 1.54) is 11.1 Å². The van der Waals surface area contributed by atoms with Crippen LogP contribution in [0.4, 0.5) is 11.4 Å². The second-order valence-corrected chi connectivity index (χ2v) is 7.06. The van der Waals surface area contributed by atoms with Crippen LogP contribution in [-0.2, 0) is 4.79 Å². The SMILES string of the molecule is Cc1cc(C)c([N+](=O)[O-])cc1NCC(=O)N1N=C(c2ccco2)CC1c1ccco1. The number of nitrogens with one attached hydrogen (secondary N) is 1. The predicted octanol–water partition coefficient (Wildman–Crippen LogP) is 4.19. The summed E-state index contributed by atoms with van der Waals surface area (Å²) in [6.45, 7) is 3.44. The first-order valence-electron chi connectivity index (χ1n) is 9.40. The molecule has 9 nitrogen and oxygen atoms in total. The molecule has 2 aromatic heterocycles. The molecule has 1 aliphatic heterocycles. The molecule has 1 atom stereocenters. The highest BCUT2D eigenvalue weighted by Crippen LogP contribution is 2.33. The van der Waals surface area contributed by atoms with E-state index >= 15 is 0 Å². The van der Waals surface area contributed by atoms with Crippen molar-refractivity contribution in [3.8, 4) is 0 Å². The number of amides is 1. The van der Waals surface area contributed by atoms with Crippen LogP contribution in [0, 0.1) is 24.0 Å². The fourth-order valence-electron chi connectivity index (χ4n) is 3.51. The standard InChI is InChI=1S/C21H20N4O5/c1-13-9-14(2)17(25(27)28)10-15(13)22-12-21(26)24-18(20-6-4-8-30-20)11-16(23-24)19-5-3-7-29-19/h3-10,18,22H,11-12H2,1-2H3. The van der Waals surface area contributed by atoms with Gasteiger partial charge in [-0.2, -0.15) is 5.10 Å². The summed E-state index contributed by atoms with van der Waals surface area (Å²) in [7, 11) is 0. The number of nitro benzene ring substituents is 1. The van der Waals surface area contributed by atoms with Crippen LogP contribution in [0.5, 0.6) is 0 Å². The summed E-state index contributed by atoms with van der Waals surface area (Å²) >= 11 is 0. The molecule has 0 bridgehead atoms. The Morgan fingerprint density at radius 3 is 2.67 bits per heavy atom. The lowest BCUT2D eigenvalue weighted by Crippen LogP contribution is -2.32. The van der Waals surface area contributed by atoms with Crippen LogP contribution in [0.1, 0.15) is 35.1 Å². The number of aryl methyl sites for hydroxylation is 2. The first-order valence-corrected chi connectivity index (χ1v) is 9.40. The lowest BCUT2D eigenvalue weighted by atomic mass is 10.1. The van der Waals surface area contributed by atoms with Crippen LogP contribution in [0.25, 0.3) is 0 Å². The fourth-order valence-corrected chi connectivity index (χ4v) is 3.51. The molecular formula is C21H20N4O5. The quantitative estimate of drug-likeness (QED) is 0.483. The van der Waals surface area contributed by atoms with Crippen molar-refractivity contribution in [3.05, 3.63) is 81.7 Å². The maximum atomic E-state index is 13.0. The summed E-state index contributed by atoms with van der Waals surface area (Å²) in [6.07, 6.45) is 3.57. The van der Waals surface area contributed by atoms with Crippen molar-refractivity contribution in [2.45, 2.75) is 26.3 Å². The van der Waals surface area contributed by atoms with Gasteiger partial charge in [-0.05, 0) is 49.7 Å². The first kappa shape index (κ1) is 19.4. The van der Waals surface area contributed by atoms with Gasteiger partial charge in [0.25, 0.3) is 11.6 Å². The van der Waals surface area contributed by atoms with Gasteiger partial charge in [0, 0.05) is 23.7 Å². The van der Waals surface area contributed by atoms with Crippen LogP contribution >= 0.6 is 0 Å². The minimum atomic E-state index is -0.435. The number of benzene rings is 1. The first-order chi connectivity index (χ1) is 14.4. The Bertz CT molecular complexity index is 1100. The van der Waals surface area contributed by atoms with Crippen LogP contribution in [0.3, 0.4) is 0 Å². The maximum Gasteiger partial charge on any atom is 0.274 e. The second kappa shape index (κ2) is 7.86. The number of rotatable bonds is 6. The molecular weight excluding hydrogens is 388 g/mol. The van der Waals surface area contributed by atoms with E-state index in [-0.39, 0.29) is 24.2 Å². The summed E-state index contributed by atoms with van der Waals surface area (Å²) in [5, 5.41) is 20.1. The second-order valence-electron chi connectivity index (χ2n) is 7.06. The third-order valence-electron chi connectivity index (χ3n) is 5.01. The van der Waals surface area contributed by atoms with E-state index in [0.717, 1.165) is 5.56 Å². The molecule has 0 radical (unpaired) electrons. The molecule has 0 saturated carbocycles. The van der Waals surface area contributed by atoms with Crippen LogP contribution < -0.4 is 5.32 Å². The molecule has 1 aromatic carbocycles. The number of hydrazone groups is 1. The molecule has 1 unspecified atom stereocenters. The Morgan fingerprint density at radius 2 is 2.00 bits per heavy atom. The highest BCUT2D eigenvalue weighted by Gasteiger charge is 2.35. The largest absolute Gasteiger partial charge is 0.467 e. The summed E-state index contributed by atoms with van der Waals surface area (Å²) in [6, 6.07) is 9.89. The van der Waals surface area contributed by atoms with E-state index in [2.05, 4.69) is 10.4 Å². The van der Waals surface area contributed by atoms with Crippen molar-refractivity contribution in [2.24, 2.45) is 5.10 Å². The van der Waals surface area contributed by atoms with Crippen LogP contribution in [0.15, 0.2) is 62.9 Å². The average molecular weight is 408 g/mol. The molecule has 3 heterocycles. The van der Waals surface area contributed by atoms with Gasteiger partial charge in [-0.15, -0.1) is 0 Å². The smallest absolute Gasteiger partial charge is 0.274 e. The lowest BCUT2D eigenvalue weighted by Gasteiger charge is -2.20. The van der Waals surface area contributed by atoms with E-state index in [0.29, 0.717) is 34.9 Å². The zero-order valence-electron chi connectivity index (χ0n) is 16.5. The molecule has 3 aromatic rings. The average Bonchev–Trinajstić information content (AvgIpc) is 3.47. The molecule has 0 spiro atoms. The topological polar surface area (TPSA) is 114 Å². The Kier molecular flexibility index (Phi) is 5.09. The van der Waals surface area contributed by atoms with Crippen molar-refractivity contribution in [3.63, 3.8) is 0 Å². The molecule has 1 aliphatic rings. The number of anilines is 1. The van der Waals surface area contributed by atoms with Gasteiger partial charge in [0.05, 0.1) is 24.0 Å². The third-order valence-corrected chi connectivity index (χ3v) is 5.01. The minimum absolute atomic E-state index is 0.00306. The van der Waals surface area contributed by atoms with Crippen molar-refractivity contribution in [1.82, 2.24) is 5.01 Å². The van der Waals surface area contributed by atoms with E-state index in [1.807, 2.05) is 6.92 Å². The van der Waals surface area contributed by atoms with Gasteiger partial charge in [-0.25, -0.2) is 5.01 Å². The molecule has 9 heteroatoms. The number of hydrogen-bond acceptors (Lipinski definition) is 7. The third kappa shape index (κ3) is 3.69. The van der Waals surface area contributed by atoms with Gasteiger partial charge in [0.1, 0.15) is 23.3 Å². The fraction of sp³-hybridized carbons (Fsp3) is 0.238. The summed E-state index contributed by atoms with van der Waals surface area (Å²) < 4.78 is 10.9. The number of carbonyl (C=O) groups is 1. The van der Waals surface area contributed by atoms with E-state index in [9.17, 15) is 14.9 Å². The van der Waals surface area contributed by atoms with E-state index in [1.54, 1.807) is 49.8 Å². The number of hydrogen-bond donors (Lipinski definition) is 1. The normalized spacial score (nSPS) is 15.9. The zero-order valence-corrected chi connectivity index (χ0v) is 16.5. The maximum absolute atomic E-state index is 13.0. The van der Waals surface area contributed by atoms with Crippen LogP contribution in [-0.4, -0.2) is 28.1 Å². The van der Waals surface area contributed by atoms with Crippen molar-refractivity contribution >= 4 is 23.0 Å². The monoisotopic (exact) mass is 408 g/mol. The van der Waals surface area contributed by atoms with Crippen LogP contribution in [0.2, 0.25) is 0 Å². The molecule has 1 amide bonds. The molecule has 1 N–H and O–H groups in total. The lowest BCUT2D eigenvalue weighted by molar-refractivity contribution is -0.385. The predicted molar refractivity (Wildman–Crippen MR) is 109 cm³/mol. The van der Waals surface area contributed by atoms with Gasteiger partial charge >= 0.3 is 0 Å². The van der Waals surface area contributed by atoms with Gasteiger partial charge in [-0.3, -0.25) is 14.9 Å².